The van der Waals surface area contributed by atoms with Crippen LogP contribution >= 0.6 is 22.7 Å². The van der Waals surface area contributed by atoms with E-state index in [0.29, 0.717) is 18.1 Å². The second-order valence-corrected chi connectivity index (χ2v) is 6.89. The van der Waals surface area contributed by atoms with Crippen molar-refractivity contribution in [3.63, 3.8) is 0 Å². The molecule has 4 rings (SSSR count). The second-order valence-electron chi connectivity index (χ2n) is 5.17. The minimum atomic E-state index is -0.0325. The first-order valence-corrected chi connectivity index (χ1v) is 9.23. The zero-order valence-corrected chi connectivity index (χ0v) is 14.3. The Kier molecular flexibility index (Phi) is 4.20. The predicted octanol–water partition coefficient (Wildman–Crippen LogP) is 3.92. The Bertz CT molecular complexity index is 966. The van der Waals surface area contributed by atoms with Crippen molar-refractivity contribution in [2.75, 3.05) is 5.32 Å². The van der Waals surface area contributed by atoms with E-state index in [4.69, 9.17) is 10.1 Å². The molecule has 4 aromatic rings. The van der Waals surface area contributed by atoms with Crippen LogP contribution in [0.25, 0.3) is 22.3 Å². The highest BCUT2D eigenvalue weighted by atomic mass is 32.1. The molecule has 24 heavy (non-hydrogen) atoms. The molecule has 0 fully saturated rings. The molecule has 0 aliphatic heterocycles. The molecule has 0 spiro atoms. The Balaban J connectivity index is 1.70. The molecule has 0 saturated heterocycles. The summed E-state index contributed by atoms with van der Waals surface area (Å²) < 4.78 is 0. The molecule has 0 amide bonds. The largest absolute Gasteiger partial charge is 0.390 e. The zero-order valence-electron chi connectivity index (χ0n) is 12.6. The summed E-state index contributed by atoms with van der Waals surface area (Å²) in [5, 5.41) is 20.3. The average Bonchev–Trinajstić information content (AvgIpc) is 3.31. The number of nitrogens with one attached hydrogen (secondary N) is 1. The fraction of sp³-hybridized carbons (Fsp3) is 0.118. The van der Waals surface area contributed by atoms with E-state index in [0.717, 1.165) is 27.3 Å². The molecule has 0 bridgehead atoms. The number of hydrogen-bond acceptors (Lipinski definition) is 7. The van der Waals surface area contributed by atoms with Crippen molar-refractivity contribution in [2.24, 2.45) is 0 Å². The predicted molar refractivity (Wildman–Crippen MR) is 98.2 cm³/mol. The Hall–Kier alpha value is -2.35. The minimum Gasteiger partial charge on any atom is -0.390 e. The fourth-order valence-corrected chi connectivity index (χ4v) is 3.75. The van der Waals surface area contributed by atoms with Gasteiger partial charge in [-0.1, -0.05) is 12.1 Å². The molecule has 0 unspecified atom stereocenters. The van der Waals surface area contributed by atoms with Crippen LogP contribution in [0.1, 0.15) is 10.7 Å². The van der Waals surface area contributed by atoms with Crippen LogP contribution in [0.5, 0.6) is 0 Å². The van der Waals surface area contributed by atoms with Gasteiger partial charge in [-0.05, 0) is 23.6 Å². The van der Waals surface area contributed by atoms with Crippen molar-refractivity contribution in [1.29, 1.82) is 0 Å². The highest BCUT2D eigenvalue weighted by Gasteiger charge is 2.10. The zero-order chi connectivity index (χ0) is 16.4. The second kappa shape index (κ2) is 6.64. The lowest BCUT2D eigenvalue weighted by Crippen LogP contribution is -2.04. The maximum absolute atomic E-state index is 9.12. The van der Waals surface area contributed by atoms with Crippen molar-refractivity contribution < 1.29 is 5.11 Å². The third kappa shape index (κ3) is 3.01. The van der Waals surface area contributed by atoms with E-state index in [9.17, 15) is 0 Å². The van der Waals surface area contributed by atoms with Gasteiger partial charge in [-0.15, -0.1) is 11.3 Å². The van der Waals surface area contributed by atoms with Gasteiger partial charge >= 0.3 is 0 Å². The Morgan fingerprint density at radius 1 is 1.04 bits per heavy atom. The number of hydrogen-bond donors (Lipinski definition) is 2. The standard InChI is InChI=1S/C17H14N4OS2/c22-8-12-10-24-15(19-12)7-18-17-13-3-1-2-4-14(13)20-16(21-17)11-5-6-23-9-11/h1-6,9-10,22H,7-8H2,(H,18,20,21). The molecule has 0 aliphatic rings. The van der Waals surface area contributed by atoms with Crippen LogP contribution < -0.4 is 5.32 Å². The topological polar surface area (TPSA) is 70.9 Å². The summed E-state index contributed by atoms with van der Waals surface area (Å²) in [4.78, 5) is 13.7. The number of fused-ring (bicyclic) bond motifs is 1. The van der Waals surface area contributed by atoms with E-state index in [2.05, 4.69) is 15.3 Å². The van der Waals surface area contributed by atoms with Gasteiger partial charge in [0.05, 0.1) is 24.4 Å². The Labute approximate surface area is 146 Å². The third-order valence-corrected chi connectivity index (χ3v) is 5.13. The normalized spacial score (nSPS) is 11.0. The van der Waals surface area contributed by atoms with Crippen LogP contribution in [-0.2, 0) is 13.2 Å². The molecule has 5 nitrogen and oxygen atoms in total. The summed E-state index contributed by atoms with van der Waals surface area (Å²) in [6.07, 6.45) is 0. The average molecular weight is 354 g/mol. The van der Waals surface area contributed by atoms with Gasteiger partial charge in [0.2, 0.25) is 0 Å². The van der Waals surface area contributed by atoms with Crippen molar-refractivity contribution >= 4 is 39.4 Å². The first kappa shape index (κ1) is 15.2. The molecule has 3 heterocycles. The number of aliphatic hydroxyl groups excluding tert-OH is 1. The van der Waals surface area contributed by atoms with Gasteiger partial charge in [0.1, 0.15) is 10.8 Å². The number of thiazole rings is 1. The van der Waals surface area contributed by atoms with Crippen molar-refractivity contribution in [3.8, 4) is 11.4 Å². The minimum absolute atomic E-state index is 0.0325. The van der Waals surface area contributed by atoms with Gasteiger partial charge in [0.25, 0.3) is 0 Å². The number of aromatic nitrogens is 3. The summed E-state index contributed by atoms with van der Waals surface area (Å²) in [7, 11) is 0. The number of rotatable bonds is 5. The smallest absolute Gasteiger partial charge is 0.162 e. The highest BCUT2D eigenvalue weighted by molar-refractivity contribution is 7.09. The van der Waals surface area contributed by atoms with Crippen molar-refractivity contribution in [2.45, 2.75) is 13.2 Å². The van der Waals surface area contributed by atoms with Crippen LogP contribution in [0.15, 0.2) is 46.5 Å². The molecule has 0 radical (unpaired) electrons. The van der Waals surface area contributed by atoms with Gasteiger partial charge in [0, 0.05) is 21.7 Å². The third-order valence-electron chi connectivity index (χ3n) is 3.55. The summed E-state index contributed by atoms with van der Waals surface area (Å²) in [6, 6.07) is 9.98. The van der Waals surface area contributed by atoms with E-state index >= 15 is 0 Å². The lowest BCUT2D eigenvalue weighted by molar-refractivity contribution is 0.277. The van der Waals surface area contributed by atoms with Gasteiger partial charge in [-0.25, -0.2) is 15.0 Å². The Morgan fingerprint density at radius 2 is 1.96 bits per heavy atom. The maximum atomic E-state index is 9.12. The van der Waals surface area contributed by atoms with E-state index < -0.39 is 0 Å². The molecule has 3 aromatic heterocycles. The molecular formula is C17H14N4OS2. The molecular weight excluding hydrogens is 340 g/mol. The molecule has 2 N–H and O–H groups in total. The van der Waals surface area contributed by atoms with E-state index in [1.807, 2.05) is 46.5 Å². The first-order valence-electron chi connectivity index (χ1n) is 7.41. The van der Waals surface area contributed by atoms with Crippen molar-refractivity contribution in [3.05, 3.63) is 57.2 Å². The number of nitrogens with zero attached hydrogens (tertiary/aromatic N) is 3. The molecule has 7 heteroatoms. The monoisotopic (exact) mass is 354 g/mol. The summed E-state index contributed by atoms with van der Waals surface area (Å²) >= 11 is 3.15. The van der Waals surface area contributed by atoms with E-state index in [-0.39, 0.29) is 6.61 Å². The SMILES string of the molecule is OCc1csc(CNc2nc(-c3ccsc3)nc3ccccc23)n1. The van der Waals surface area contributed by atoms with Crippen LogP contribution in [0, 0.1) is 0 Å². The lowest BCUT2D eigenvalue weighted by Gasteiger charge is -2.09. The molecule has 1 aromatic carbocycles. The summed E-state index contributed by atoms with van der Waals surface area (Å²) in [5.41, 5.74) is 2.63. The number of anilines is 1. The molecule has 0 saturated carbocycles. The van der Waals surface area contributed by atoms with Crippen LogP contribution in [0.3, 0.4) is 0 Å². The van der Waals surface area contributed by atoms with Gasteiger partial charge in [-0.3, -0.25) is 0 Å². The van der Waals surface area contributed by atoms with Crippen molar-refractivity contribution in [1.82, 2.24) is 15.0 Å². The van der Waals surface area contributed by atoms with Crippen LogP contribution in [-0.4, -0.2) is 20.1 Å². The number of thiophene rings is 1. The Morgan fingerprint density at radius 3 is 2.75 bits per heavy atom. The number of benzene rings is 1. The quantitative estimate of drug-likeness (QED) is 0.568. The lowest BCUT2D eigenvalue weighted by atomic mass is 10.2. The van der Waals surface area contributed by atoms with Gasteiger partial charge in [-0.2, -0.15) is 11.3 Å². The number of para-hydroxylation sites is 1. The van der Waals surface area contributed by atoms with E-state index in [1.165, 1.54) is 11.3 Å². The van der Waals surface area contributed by atoms with Gasteiger partial charge in [0.15, 0.2) is 5.82 Å². The molecule has 0 aliphatic carbocycles. The molecule has 0 atom stereocenters. The maximum Gasteiger partial charge on any atom is 0.162 e. The number of aliphatic hydroxyl groups is 1. The van der Waals surface area contributed by atoms with Crippen LogP contribution in [0.4, 0.5) is 5.82 Å². The summed E-state index contributed by atoms with van der Waals surface area (Å²) in [6.45, 7) is 0.532. The van der Waals surface area contributed by atoms with Crippen LogP contribution in [0.2, 0.25) is 0 Å². The molecule has 120 valence electrons. The first-order chi connectivity index (χ1) is 11.8. The summed E-state index contributed by atoms with van der Waals surface area (Å²) in [5.74, 6) is 1.51. The fourth-order valence-electron chi connectivity index (χ4n) is 2.39. The van der Waals surface area contributed by atoms with Gasteiger partial charge < -0.3 is 10.4 Å². The van der Waals surface area contributed by atoms with E-state index in [1.54, 1.807) is 11.3 Å². The highest BCUT2D eigenvalue weighted by Crippen LogP contribution is 2.26.